The minimum atomic E-state index is -0.312. The highest BCUT2D eigenvalue weighted by atomic mass is 35.5. The zero-order chi connectivity index (χ0) is 19.2. The number of hydrogen-bond acceptors (Lipinski definition) is 3. The molecule has 0 unspecified atom stereocenters. The van der Waals surface area contributed by atoms with Gasteiger partial charge in [0.15, 0.2) is 0 Å². The van der Waals surface area contributed by atoms with Crippen molar-refractivity contribution in [2.24, 2.45) is 5.92 Å². The van der Waals surface area contributed by atoms with Crippen molar-refractivity contribution in [3.8, 4) is 0 Å². The van der Waals surface area contributed by atoms with E-state index in [1.54, 1.807) is 24.3 Å². The van der Waals surface area contributed by atoms with Gasteiger partial charge in [-0.05, 0) is 62.7 Å². The topological polar surface area (TPSA) is 61.4 Å². The van der Waals surface area contributed by atoms with Crippen molar-refractivity contribution in [3.05, 3.63) is 59.6 Å². The third-order valence-corrected chi connectivity index (χ3v) is 5.16. The van der Waals surface area contributed by atoms with Crippen LogP contribution in [0.15, 0.2) is 54.6 Å². The lowest BCUT2D eigenvalue weighted by molar-refractivity contribution is -0.125. The number of carbonyl (C=O) groups is 2. The lowest BCUT2D eigenvalue weighted by Gasteiger charge is -2.35. The van der Waals surface area contributed by atoms with Crippen molar-refractivity contribution in [2.45, 2.75) is 25.8 Å². The van der Waals surface area contributed by atoms with Crippen LogP contribution in [-0.4, -0.2) is 35.8 Å². The number of nitrogens with zero attached hydrogens (tertiary/aromatic N) is 1. The highest BCUT2D eigenvalue weighted by molar-refractivity contribution is 6.30. The summed E-state index contributed by atoms with van der Waals surface area (Å²) >= 11 is 5.88. The van der Waals surface area contributed by atoms with E-state index in [9.17, 15) is 9.59 Å². The number of nitrogens with one attached hydrogen (secondary N) is 2. The molecular weight excluding hydrogens is 362 g/mol. The van der Waals surface area contributed by atoms with E-state index in [0.29, 0.717) is 17.3 Å². The molecule has 5 nitrogen and oxygen atoms in total. The number of halogens is 1. The van der Waals surface area contributed by atoms with Gasteiger partial charge in [0.1, 0.15) is 0 Å². The molecule has 2 atom stereocenters. The Morgan fingerprint density at radius 2 is 1.70 bits per heavy atom. The fourth-order valence-corrected chi connectivity index (χ4v) is 3.41. The third kappa shape index (κ3) is 5.31. The minimum Gasteiger partial charge on any atom is -0.326 e. The number of anilines is 2. The first-order valence-corrected chi connectivity index (χ1v) is 9.57. The first-order chi connectivity index (χ1) is 13.0. The van der Waals surface area contributed by atoms with Crippen LogP contribution >= 0.6 is 11.6 Å². The van der Waals surface area contributed by atoms with E-state index in [-0.39, 0.29) is 23.8 Å². The highest BCUT2D eigenvalue weighted by Crippen LogP contribution is 2.21. The Bertz CT molecular complexity index is 780. The lowest BCUT2D eigenvalue weighted by Crippen LogP contribution is -2.49. The fourth-order valence-electron chi connectivity index (χ4n) is 3.28. The van der Waals surface area contributed by atoms with E-state index < -0.39 is 0 Å². The number of likely N-dealkylation sites (tertiary alicyclic amines) is 1. The van der Waals surface area contributed by atoms with Gasteiger partial charge in [-0.3, -0.25) is 14.5 Å². The van der Waals surface area contributed by atoms with E-state index in [0.717, 1.165) is 25.1 Å². The van der Waals surface area contributed by atoms with Crippen molar-refractivity contribution in [1.29, 1.82) is 0 Å². The number of amides is 2. The summed E-state index contributed by atoms with van der Waals surface area (Å²) in [4.78, 5) is 27.2. The number of para-hydroxylation sites is 1. The molecule has 0 spiro atoms. The van der Waals surface area contributed by atoms with E-state index in [1.807, 2.05) is 37.3 Å². The molecule has 1 heterocycles. The normalized spacial score (nSPS) is 18.5. The van der Waals surface area contributed by atoms with Crippen LogP contribution in [0.25, 0.3) is 0 Å². The van der Waals surface area contributed by atoms with Crippen molar-refractivity contribution >= 4 is 34.8 Å². The maximum Gasteiger partial charge on any atom is 0.241 e. The van der Waals surface area contributed by atoms with Gasteiger partial charge in [0.05, 0.1) is 12.0 Å². The Labute approximate surface area is 164 Å². The predicted octanol–water partition coefficient (Wildman–Crippen LogP) is 4.02. The van der Waals surface area contributed by atoms with Crippen LogP contribution in [0.3, 0.4) is 0 Å². The van der Waals surface area contributed by atoms with Gasteiger partial charge < -0.3 is 10.6 Å². The van der Waals surface area contributed by atoms with E-state index >= 15 is 0 Å². The number of carbonyl (C=O) groups excluding carboxylic acids is 2. The summed E-state index contributed by atoms with van der Waals surface area (Å²) in [6, 6.07) is 16.2. The number of benzene rings is 2. The maximum absolute atomic E-state index is 12.6. The number of rotatable bonds is 5. The fraction of sp³-hybridized carbons (Fsp3) is 0.333. The van der Waals surface area contributed by atoms with Crippen molar-refractivity contribution in [2.75, 3.05) is 23.7 Å². The summed E-state index contributed by atoms with van der Waals surface area (Å²) in [6.07, 6.45) is 1.73. The van der Waals surface area contributed by atoms with Gasteiger partial charge in [-0.2, -0.15) is 0 Å². The molecule has 2 N–H and O–H groups in total. The molecule has 1 fully saturated rings. The monoisotopic (exact) mass is 385 g/mol. The maximum atomic E-state index is 12.6. The summed E-state index contributed by atoms with van der Waals surface area (Å²) in [5.41, 5.74) is 1.51. The third-order valence-electron chi connectivity index (χ3n) is 4.90. The molecule has 2 aromatic carbocycles. The first kappa shape index (κ1) is 19.4. The summed E-state index contributed by atoms with van der Waals surface area (Å²) < 4.78 is 0. The minimum absolute atomic E-state index is 0.0104. The zero-order valence-corrected chi connectivity index (χ0v) is 16.1. The molecule has 2 aromatic rings. The largest absolute Gasteiger partial charge is 0.326 e. The van der Waals surface area contributed by atoms with Gasteiger partial charge in [0, 0.05) is 22.9 Å². The second kappa shape index (κ2) is 9.02. The molecule has 0 radical (unpaired) electrons. The summed E-state index contributed by atoms with van der Waals surface area (Å²) in [5, 5.41) is 6.51. The van der Waals surface area contributed by atoms with E-state index in [2.05, 4.69) is 15.5 Å². The van der Waals surface area contributed by atoms with Crippen molar-refractivity contribution in [1.82, 2.24) is 4.90 Å². The molecule has 0 bridgehead atoms. The Morgan fingerprint density at radius 1 is 1.04 bits per heavy atom. The molecule has 6 heteroatoms. The molecule has 0 saturated carbocycles. The zero-order valence-electron chi connectivity index (χ0n) is 15.3. The molecule has 0 aliphatic carbocycles. The summed E-state index contributed by atoms with van der Waals surface area (Å²) in [6.45, 7) is 3.26. The van der Waals surface area contributed by atoms with Crippen LogP contribution < -0.4 is 10.6 Å². The smallest absolute Gasteiger partial charge is 0.241 e. The Balaban J connectivity index is 1.57. The van der Waals surface area contributed by atoms with Gasteiger partial charge in [-0.1, -0.05) is 29.8 Å². The lowest BCUT2D eigenvalue weighted by atomic mass is 9.95. The van der Waals surface area contributed by atoms with Crippen LogP contribution in [0.4, 0.5) is 11.4 Å². The van der Waals surface area contributed by atoms with Crippen LogP contribution in [0, 0.1) is 5.92 Å². The van der Waals surface area contributed by atoms with E-state index in [4.69, 9.17) is 11.6 Å². The van der Waals surface area contributed by atoms with Crippen LogP contribution in [0.2, 0.25) is 5.02 Å². The molecule has 1 aliphatic rings. The average Bonchev–Trinajstić information content (AvgIpc) is 2.70. The van der Waals surface area contributed by atoms with Gasteiger partial charge in [-0.15, -0.1) is 0 Å². The Kier molecular flexibility index (Phi) is 6.48. The van der Waals surface area contributed by atoms with Gasteiger partial charge in [0.25, 0.3) is 0 Å². The second-order valence-corrected chi connectivity index (χ2v) is 7.30. The molecule has 3 rings (SSSR count). The quantitative estimate of drug-likeness (QED) is 0.817. The predicted molar refractivity (Wildman–Crippen MR) is 109 cm³/mol. The summed E-state index contributed by atoms with van der Waals surface area (Å²) in [5.74, 6) is -0.192. The van der Waals surface area contributed by atoms with Gasteiger partial charge in [-0.25, -0.2) is 0 Å². The van der Waals surface area contributed by atoms with Crippen LogP contribution in [0.5, 0.6) is 0 Å². The van der Waals surface area contributed by atoms with Crippen LogP contribution in [-0.2, 0) is 9.59 Å². The number of piperidine rings is 1. The first-order valence-electron chi connectivity index (χ1n) is 9.19. The molecule has 1 saturated heterocycles. The molecule has 1 aliphatic heterocycles. The highest BCUT2D eigenvalue weighted by Gasteiger charge is 2.30. The molecule has 142 valence electrons. The average molecular weight is 386 g/mol. The standard InChI is InChI=1S/C21H24ClN3O2/c1-15(20(26)23-19-11-9-17(22)10-12-19)25-13-5-6-16(14-25)21(27)24-18-7-3-2-4-8-18/h2-4,7-12,15-16H,5-6,13-14H2,1H3,(H,23,26)(H,24,27)/t15-,16+/m1/s1. The summed E-state index contributed by atoms with van der Waals surface area (Å²) in [7, 11) is 0. The van der Waals surface area contributed by atoms with Crippen LogP contribution in [0.1, 0.15) is 19.8 Å². The van der Waals surface area contributed by atoms with Gasteiger partial charge in [0.2, 0.25) is 11.8 Å². The molecule has 0 aromatic heterocycles. The van der Waals surface area contributed by atoms with Gasteiger partial charge >= 0.3 is 0 Å². The Hall–Kier alpha value is -2.37. The molecule has 27 heavy (non-hydrogen) atoms. The molecular formula is C21H24ClN3O2. The number of hydrogen-bond donors (Lipinski definition) is 2. The van der Waals surface area contributed by atoms with Crippen molar-refractivity contribution in [3.63, 3.8) is 0 Å². The second-order valence-electron chi connectivity index (χ2n) is 6.86. The van der Waals surface area contributed by atoms with E-state index in [1.165, 1.54) is 0 Å². The van der Waals surface area contributed by atoms with Crippen molar-refractivity contribution < 1.29 is 9.59 Å². The Morgan fingerprint density at radius 3 is 2.41 bits per heavy atom. The SMILES string of the molecule is C[C@H](C(=O)Nc1ccc(Cl)cc1)N1CCC[C@H](C(=O)Nc2ccccc2)C1. The molecule has 2 amide bonds.